The summed E-state index contributed by atoms with van der Waals surface area (Å²) in [5, 5.41) is 22.2. The van der Waals surface area contributed by atoms with Crippen molar-refractivity contribution in [1.29, 1.82) is 0 Å². The summed E-state index contributed by atoms with van der Waals surface area (Å²) in [6, 6.07) is 5.21. The second-order valence-electron chi connectivity index (χ2n) is 5.80. The highest BCUT2D eigenvalue weighted by molar-refractivity contribution is 7.10. The smallest absolute Gasteiger partial charge is 0.335 e. The quantitative estimate of drug-likeness (QED) is 0.664. The number of carboxylic acid groups (broad SMARTS) is 1. The van der Waals surface area contributed by atoms with E-state index >= 15 is 0 Å². The number of carboxylic acids is 1. The third kappa shape index (κ3) is 3.12. The Kier molecular flexibility index (Phi) is 4.54. The van der Waals surface area contributed by atoms with Gasteiger partial charge >= 0.3 is 5.97 Å². The Hall–Kier alpha value is -2.74. The molecule has 1 amide bonds. The minimum Gasteiger partial charge on any atom is -0.478 e. The molecule has 0 fully saturated rings. The SMILES string of the molecule is CCC1c2ccsc2CCN1C(=O)c1cc(C(=O)O)cc([N+](=O)[O-])c1. The molecular formula is C17H16N2O5S. The number of nitro groups is 1. The van der Waals surface area contributed by atoms with Gasteiger partial charge in [-0.15, -0.1) is 11.3 Å². The maximum Gasteiger partial charge on any atom is 0.335 e. The number of hydrogen-bond donors (Lipinski definition) is 1. The molecule has 0 radical (unpaired) electrons. The minimum absolute atomic E-state index is 0.0312. The molecule has 1 aromatic heterocycles. The van der Waals surface area contributed by atoms with Crippen LogP contribution in [-0.2, 0) is 6.42 Å². The van der Waals surface area contributed by atoms with Crippen molar-refractivity contribution in [2.24, 2.45) is 0 Å². The molecule has 1 aromatic carbocycles. The average molecular weight is 360 g/mol. The van der Waals surface area contributed by atoms with Crippen LogP contribution in [0.25, 0.3) is 0 Å². The Bertz CT molecular complexity index is 828. The molecule has 7 nitrogen and oxygen atoms in total. The van der Waals surface area contributed by atoms with Crippen molar-refractivity contribution in [2.75, 3.05) is 6.54 Å². The number of fused-ring (bicyclic) bond motifs is 1. The van der Waals surface area contributed by atoms with Crippen LogP contribution in [0, 0.1) is 10.1 Å². The van der Waals surface area contributed by atoms with Crippen LogP contribution in [-0.4, -0.2) is 33.4 Å². The third-order valence-corrected chi connectivity index (χ3v) is 5.36. The van der Waals surface area contributed by atoms with E-state index in [1.54, 1.807) is 16.2 Å². The standard InChI is InChI=1S/C17H16N2O5S/c1-2-14-13-4-6-25-15(13)3-5-18(14)16(20)10-7-11(17(21)22)9-12(8-10)19(23)24/h4,6-9,14H,2-3,5H2,1H3,(H,21,22). The van der Waals surface area contributed by atoms with E-state index < -0.39 is 16.6 Å². The van der Waals surface area contributed by atoms with Crippen molar-refractivity contribution in [1.82, 2.24) is 4.90 Å². The zero-order valence-corrected chi connectivity index (χ0v) is 14.3. The van der Waals surface area contributed by atoms with Gasteiger partial charge in [-0.2, -0.15) is 0 Å². The zero-order valence-electron chi connectivity index (χ0n) is 13.5. The van der Waals surface area contributed by atoms with Gasteiger partial charge in [-0.3, -0.25) is 14.9 Å². The van der Waals surface area contributed by atoms with Gasteiger partial charge in [0.05, 0.1) is 16.5 Å². The van der Waals surface area contributed by atoms with E-state index in [-0.39, 0.29) is 23.1 Å². The summed E-state index contributed by atoms with van der Waals surface area (Å²) in [6.45, 7) is 2.49. The Labute approximate surface area is 147 Å². The maximum atomic E-state index is 13.0. The second-order valence-corrected chi connectivity index (χ2v) is 6.80. The number of nitro benzene ring substituents is 1. The predicted octanol–water partition coefficient (Wildman–Crippen LogP) is 3.50. The molecule has 130 valence electrons. The minimum atomic E-state index is -1.30. The number of thiophene rings is 1. The predicted molar refractivity (Wildman–Crippen MR) is 92.1 cm³/mol. The third-order valence-electron chi connectivity index (χ3n) is 4.36. The summed E-state index contributed by atoms with van der Waals surface area (Å²) in [6.07, 6.45) is 1.45. The second kappa shape index (κ2) is 6.64. The van der Waals surface area contributed by atoms with E-state index in [1.807, 2.05) is 18.4 Å². The summed E-state index contributed by atoms with van der Waals surface area (Å²) in [7, 11) is 0. The van der Waals surface area contributed by atoms with E-state index in [9.17, 15) is 19.7 Å². The Balaban J connectivity index is 2.00. The molecule has 1 unspecified atom stereocenters. The summed E-state index contributed by atoms with van der Waals surface area (Å²) in [5.74, 6) is -1.68. The molecule has 0 aliphatic carbocycles. The van der Waals surface area contributed by atoms with Gasteiger partial charge in [0.1, 0.15) is 0 Å². The molecule has 8 heteroatoms. The maximum absolute atomic E-state index is 13.0. The molecule has 0 saturated heterocycles. The first-order valence-electron chi connectivity index (χ1n) is 7.82. The first-order chi connectivity index (χ1) is 11.9. The number of nitrogens with zero attached hydrogens (tertiary/aromatic N) is 2. The largest absolute Gasteiger partial charge is 0.478 e. The van der Waals surface area contributed by atoms with Gasteiger partial charge < -0.3 is 10.0 Å². The van der Waals surface area contributed by atoms with E-state index in [2.05, 4.69) is 0 Å². The summed E-state index contributed by atoms with van der Waals surface area (Å²) >= 11 is 1.66. The van der Waals surface area contributed by atoms with Gasteiger partial charge in [-0.1, -0.05) is 6.92 Å². The number of aromatic carboxylic acids is 1. The Morgan fingerprint density at radius 3 is 2.72 bits per heavy atom. The van der Waals surface area contributed by atoms with E-state index in [4.69, 9.17) is 5.11 Å². The fraction of sp³-hybridized carbons (Fsp3) is 0.294. The molecule has 3 rings (SSSR count). The number of non-ortho nitro benzene ring substituents is 1. The number of hydrogen-bond acceptors (Lipinski definition) is 5. The number of carbonyl (C=O) groups is 2. The first-order valence-corrected chi connectivity index (χ1v) is 8.70. The van der Waals surface area contributed by atoms with Crippen LogP contribution < -0.4 is 0 Å². The number of carbonyl (C=O) groups excluding carboxylic acids is 1. The van der Waals surface area contributed by atoms with Gasteiger partial charge in [0.25, 0.3) is 11.6 Å². The van der Waals surface area contributed by atoms with Crippen LogP contribution in [0.15, 0.2) is 29.6 Å². The molecule has 0 bridgehead atoms. The average Bonchev–Trinajstić information content (AvgIpc) is 3.08. The fourth-order valence-electron chi connectivity index (χ4n) is 3.21. The lowest BCUT2D eigenvalue weighted by molar-refractivity contribution is -0.384. The molecule has 1 N–H and O–H groups in total. The highest BCUT2D eigenvalue weighted by Crippen LogP contribution is 2.36. The number of amides is 1. The topological polar surface area (TPSA) is 101 Å². The lowest BCUT2D eigenvalue weighted by Crippen LogP contribution is -2.39. The van der Waals surface area contributed by atoms with Crippen molar-refractivity contribution < 1.29 is 19.6 Å². The van der Waals surface area contributed by atoms with Crippen molar-refractivity contribution in [3.8, 4) is 0 Å². The van der Waals surface area contributed by atoms with Crippen molar-refractivity contribution in [3.63, 3.8) is 0 Å². The van der Waals surface area contributed by atoms with Gasteiger partial charge in [0.15, 0.2) is 0 Å². The van der Waals surface area contributed by atoms with E-state index in [0.29, 0.717) is 6.54 Å². The molecule has 1 aliphatic rings. The Morgan fingerprint density at radius 1 is 1.36 bits per heavy atom. The fourth-order valence-corrected chi connectivity index (χ4v) is 4.14. The number of benzene rings is 1. The van der Waals surface area contributed by atoms with E-state index in [0.717, 1.165) is 30.5 Å². The molecule has 1 aliphatic heterocycles. The van der Waals surface area contributed by atoms with Crippen molar-refractivity contribution >= 4 is 28.9 Å². The first kappa shape index (κ1) is 17.1. The normalized spacial score (nSPS) is 16.4. The van der Waals surface area contributed by atoms with Crippen LogP contribution in [0.4, 0.5) is 5.69 Å². The van der Waals surface area contributed by atoms with Crippen LogP contribution >= 0.6 is 11.3 Å². The van der Waals surface area contributed by atoms with Crippen LogP contribution in [0.2, 0.25) is 0 Å². The van der Waals surface area contributed by atoms with E-state index in [1.165, 1.54) is 10.9 Å². The van der Waals surface area contributed by atoms with Crippen LogP contribution in [0.3, 0.4) is 0 Å². The Morgan fingerprint density at radius 2 is 2.08 bits per heavy atom. The highest BCUT2D eigenvalue weighted by Gasteiger charge is 2.32. The molecule has 1 atom stereocenters. The van der Waals surface area contributed by atoms with Gasteiger partial charge in [-0.05, 0) is 35.9 Å². The monoisotopic (exact) mass is 360 g/mol. The van der Waals surface area contributed by atoms with Gasteiger partial charge in [0, 0.05) is 29.1 Å². The lowest BCUT2D eigenvalue weighted by Gasteiger charge is -2.35. The van der Waals surface area contributed by atoms with Crippen LogP contribution in [0.1, 0.15) is 50.5 Å². The summed E-state index contributed by atoms with van der Waals surface area (Å²) in [4.78, 5) is 37.5. The highest BCUT2D eigenvalue weighted by atomic mass is 32.1. The molecule has 25 heavy (non-hydrogen) atoms. The molecule has 0 spiro atoms. The molecule has 0 saturated carbocycles. The van der Waals surface area contributed by atoms with Crippen LogP contribution in [0.5, 0.6) is 0 Å². The number of rotatable bonds is 4. The van der Waals surface area contributed by atoms with Crippen molar-refractivity contribution in [3.05, 3.63) is 61.3 Å². The van der Waals surface area contributed by atoms with Crippen molar-refractivity contribution in [2.45, 2.75) is 25.8 Å². The molecule has 2 aromatic rings. The lowest BCUT2D eigenvalue weighted by atomic mass is 9.96. The zero-order chi connectivity index (χ0) is 18.1. The summed E-state index contributed by atoms with van der Waals surface area (Å²) in [5.41, 5.74) is 0.475. The summed E-state index contributed by atoms with van der Waals surface area (Å²) < 4.78 is 0. The molecule has 2 heterocycles. The van der Waals surface area contributed by atoms with Gasteiger partial charge in [-0.25, -0.2) is 4.79 Å². The molecular weight excluding hydrogens is 344 g/mol. The van der Waals surface area contributed by atoms with Gasteiger partial charge in [0.2, 0.25) is 0 Å².